The first kappa shape index (κ1) is 19.6. The van der Waals surface area contributed by atoms with Crippen LogP contribution in [0.3, 0.4) is 0 Å². The van der Waals surface area contributed by atoms with Crippen molar-refractivity contribution in [3.8, 4) is 11.5 Å². The number of nitrogens with one attached hydrogen (secondary N) is 1. The smallest absolute Gasteiger partial charge is 0.133 e. The van der Waals surface area contributed by atoms with Crippen LogP contribution >= 0.6 is 22.6 Å². The summed E-state index contributed by atoms with van der Waals surface area (Å²) in [5.74, 6) is 1.80. The molecule has 0 aliphatic carbocycles. The van der Waals surface area contributed by atoms with E-state index in [4.69, 9.17) is 9.47 Å². The van der Waals surface area contributed by atoms with Gasteiger partial charge in [0.2, 0.25) is 0 Å². The van der Waals surface area contributed by atoms with E-state index in [-0.39, 0.29) is 17.1 Å². The fraction of sp³-hybridized carbons (Fsp3) is 0.667. The zero-order valence-electron chi connectivity index (χ0n) is 14.9. The summed E-state index contributed by atoms with van der Waals surface area (Å²) in [5, 5.41) is 3.46. The Morgan fingerprint density at radius 2 is 1.77 bits per heavy atom. The highest BCUT2D eigenvalue weighted by molar-refractivity contribution is 14.1. The second-order valence-corrected chi connectivity index (χ2v) is 9.16. The maximum Gasteiger partial charge on any atom is 0.133 e. The molecule has 3 nitrogen and oxygen atoms in total. The Balaban J connectivity index is 2.58. The zero-order valence-corrected chi connectivity index (χ0v) is 17.1. The molecule has 1 atom stereocenters. The van der Waals surface area contributed by atoms with E-state index in [1.807, 2.05) is 18.2 Å². The third-order valence-corrected chi connectivity index (χ3v) is 3.67. The molecule has 0 amide bonds. The van der Waals surface area contributed by atoms with Crippen molar-refractivity contribution in [2.45, 2.75) is 60.1 Å². The zero-order chi connectivity index (χ0) is 17.0. The van der Waals surface area contributed by atoms with E-state index in [2.05, 4.69) is 76.4 Å². The molecule has 126 valence electrons. The molecule has 0 saturated heterocycles. The highest BCUT2D eigenvalue weighted by Crippen LogP contribution is 2.27. The maximum absolute atomic E-state index is 6.02. The van der Waals surface area contributed by atoms with Crippen molar-refractivity contribution in [3.05, 3.63) is 21.8 Å². The highest BCUT2D eigenvalue weighted by atomic mass is 127. The summed E-state index contributed by atoms with van der Waals surface area (Å²) in [6.07, 6.45) is 0.120. The molecule has 0 bridgehead atoms. The largest absolute Gasteiger partial charge is 0.493 e. The van der Waals surface area contributed by atoms with E-state index in [9.17, 15) is 0 Å². The summed E-state index contributed by atoms with van der Waals surface area (Å²) >= 11 is 2.30. The highest BCUT2D eigenvalue weighted by Gasteiger charge is 2.14. The topological polar surface area (TPSA) is 30.5 Å². The van der Waals surface area contributed by atoms with Gasteiger partial charge >= 0.3 is 0 Å². The molecule has 1 rings (SSSR count). The van der Waals surface area contributed by atoms with Gasteiger partial charge in [0.05, 0.1) is 10.2 Å². The second kappa shape index (κ2) is 7.86. The lowest BCUT2D eigenvalue weighted by Gasteiger charge is -2.24. The first-order chi connectivity index (χ1) is 9.96. The summed E-state index contributed by atoms with van der Waals surface area (Å²) in [5.41, 5.74) is 0.267. The van der Waals surface area contributed by atoms with Gasteiger partial charge in [-0.2, -0.15) is 0 Å². The Bertz CT molecular complexity index is 475. The molecule has 0 aliphatic heterocycles. The van der Waals surface area contributed by atoms with Gasteiger partial charge in [-0.1, -0.05) is 20.8 Å². The minimum absolute atomic E-state index is 0.107. The van der Waals surface area contributed by atoms with Gasteiger partial charge in [0.25, 0.3) is 0 Å². The average molecular weight is 419 g/mol. The lowest BCUT2D eigenvalue weighted by Crippen LogP contribution is -2.41. The molecule has 1 aromatic rings. The van der Waals surface area contributed by atoms with Crippen molar-refractivity contribution in [3.63, 3.8) is 0 Å². The van der Waals surface area contributed by atoms with Crippen LogP contribution in [0, 0.1) is 8.99 Å². The van der Waals surface area contributed by atoms with Gasteiger partial charge in [-0.05, 0) is 73.9 Å². The molecule has 0 spiro atoms. The van der Waals surface area contributed by atoms with Crippen LogP contribution < -0.4 is 14.8 Å². The number of halogens is 1. The Morgan fingerprint density at radius 1 is 1.14 bits per heavy atom. The normalized spacial score (nSPS) is 13.8. The summed E-state index contributed by atoms with van der Waals surface area (Å²) in [6, 6.07) is 6.01. The quantitative estimate of drug-likeness (QED) is 0.668. The first-order valence-electron chi connectivity index (χ1n) is 7.80. The van der Waals surface area contributed by atoms with Gasteiger partial charge in [0.15, 0.2) is 0 Å². The van der Waals surface area contributed by atoms with E-state index in [1.54, 1.807) is 0 Å². The van der Waals surface area contributed by atoms with Crippen molar-refractivity contribution >= 4 is 22.6 Å². The van der Waals surface area contributed by atoms with Crippen LogP contribution in [0.4, 0.5) is 0 Å². The molecule has 1 N–H and O–H groups in total. The minimum atomic E-state index is 0.107. The average Bonchev–Trinajstić information content (AvgIpc) is 2.35. The van der Waals surface area contributed by atoms with Crippen molar-refractivity contribution in [1.82, 2.24) is 5.32 Å². The predicted molar refractivity (Wildman–Crippen MR) is 102 cm³/mol. The third-order valence-electron chi connectivity index (χ3n) is 2.82. The molecule has 0 radical (unpaired) electrons. The molecule has 4 heteroatoms. The first-order valence-corrected chi connectivity index (χ1v) is 8.88. The van der Waals surface area contributed by atoms with Gasteiger partial charge in [-0.3, -0.25) is 0 Å². The standard InChI is InChI=1S/C18H30INO2/c1-13(11-20-18(5,6)7)22-16-9-8-14(10-15(16)19)21-12-17(2,3)4/h8-10,13,20H,11-12H2,1-7H3/t13-/m0/s1. The molecule has 0 unspecified atom stereocenters. The number of benzene rings is 1. The van der Waals surface area contributed by atoms with Crippen molar-refractivity contribution in [1.29, 1.82) is 0 Å². The van der Waals surface area contributed by atoms with E-state index < -0.39 is 0 Å². The van der Waals surface area contributed by atoms with Crippen LogP contribution in [0.5, 0.6) is 11.5 Å². The summed E-state index contributed by atoms with van der Waals surface area (Å²) < 4.78 is 12.9. The minimum Gasteiger partial charge on any atom is -0.493 e. The third kappa shape index (κ3) is 8.22. The van der Waals surface area contributed by atoms with Crippen LogP contribution in [0.1, 0.15) is 48.5 Å². The molecule has 1 aromatic carbocycles. The number of rotatable bonds is 6. The monoisotopic (exact) mass is 419 g/mol. The van der Waals surface area contributed by atoms with E-state index in [0.717, 1.165) is 21.6 Å². The van der Waals surface area contributed by atoms with Crippen molar-refractivity contribution in [2.75, 3.05) is 13.2 Å². The molecular weight excluding hydrogens is 389 g/mol. The van der Waals surface area contributed by atoms with Crippen LogP contribution in [0.25, 0.3) is 0 Å². The summed E-state index contributed by atoms with van der Waals surface area (Å²) in [6.45, 7) is 16.6. The van der Waals surface area contributed by atoms with E-state index in [0.29, 0.717) is 6.61 Å². The van der Waals surface area contributed by atoms with Gasteiger partial charge in [-0.25, -0.2) is 0 Å². The lowest BCUT2D eigenvalue weighted by atomic mass is 9.99. The fourth-order valence-electron chi connectivity index (χ4n) is 1.68. The lowest BCUT2D eigenvalue weighted by molar-refractivity contribution is 0.194. The molecule has 0 aliphatic rings. The Labute approximate surface area is 149 Å². The van der Waals surface area contributed by atoms with E-state index in [1.165, 1.54) is 0 Å². The number of hydrogen-bond donors (Lipinski definition) is 1. The van der Waals surface area contributed by atoms with Gasteiger partial charge in [-0.15, -0.1) is 0 Å². The van der Waals surface area contributed by atoms with Crippen LogP contribution in [-0.2, 0) is 0 Å². The van der Waals surface area contributed by atoms with Crippen molar-refractivity contribution < 1.29 is 9.47 Å². The summed E-state index contributed by atoms with van der Waals surface area (Å²) in [4.78, 5) is 0. The van der Waals surface area contributed by atoms with Crippen LogP contribution in [0.2, 0.25) is 0 Å². The Morgan fingerprint density at radius 3 is 2.27 bits per heavy atom. The number of ether oxygens (including phenoxy) is 2. The van der Waals surface area contributed by atoms with Gasteiger partial charge in [0, 0.05) is 12.1 Å². The van der Waals surface area contributed by atoms with E-state index >= 15 is 0 Å². The van der Waals surface area contributed by atoms with Crippen LogP contribution in [-0.4, -0.2) is 24.8 Å². The Kier molecular flexibility index (Phi) is 6.99. The molecule has 0 aromatic heterocycles. The molecular formula is C18H30INO2. The Hall–Kier alpha value is -0.490. The molecule has 0 fully saturated rings. The predicted octanol–water partition coefficient (Wildman–Crippen LogP) is 4.87. The number of hydrogen-bond acceptors (Lipinski definition) is 3. The van der Waals surface area contributed by atoms with Crippen molar-refractivity contribution in [2.24, 2.45) is 5.41 Å². The van der Waals surface area contributed by atoms with Gasteiger partial charge in [0.1, 0.15) is 17.6 Å². The fourth-order valence-corrected chi connectivity index (χ4v) is 2.29. The molecule has 0 heterocycles. The maximum atomic E-state index is 6.02. The SMILES string of the molecule is C[C@@H](CNC(C)(C)C)Oc1ccc(OCC(C)(C)C)cc1I. The van der Waals surface area contributed by atoms with Crippen LogP contribution in [0.15, 0.2) is 18.2 Å². The van der Waals surface area contributed by atoms with Gasteiger partial charge < -0.3 is 14.8 Å². The molecule has 0 saturated carbocycles. The molecule has 22 heavy (non-hydrogen) atoms. The second-order valence-electron chi connectivity index (χ2n) is 8.00. The summed E-state index contributed by atoms with van der Waals surface area (Å²) in [7, 11) is 0.